The van der Waals surface area contributed by atoms with Crippen LogP contribution >= 0.6 is 8.53 Å². The molecule has 14 nitrogen and oxygen atoms in total. The van der Waals surface area contributed by atoms with Gasteiger partial charge in [-0.05, 0) is 108 Å². The van der Waals surface area contributed by atoms with Crippen molar-refractivity contribution in [2.75, 3.05) is 27.4 Å². The number of hydrogen-bond donors (Lipinski definition) is 0. The second-order valence-electron chi connectivity index (χ2n) is 19.8. The van der Waals surface area contributed by atoms with Gasteiger partial charge >= 0.3 is 5.97 Å². The van der Waals surface area contributed by atoms with Crippen molar-refractivity contribution in [3.8, 4) is 17.6 Å². The molecule has 1 unspecified atom stereocenters. The topological polar surface area (TPSA) is 149 Å². The van der Waals surface area contributed by atoms with E-state index in [1.807, 2.05) is 66.7 Å². The van der Waals surface area contributed by atoms with Gasteiger partial charge in [-0.2, -0.15) is 5.26 Å². The van der Waals surface area contributed by atoms with Crippen molar-refractivity contribution >= 4 is 22.8 Å². The zero-order valence-corrected chi connectivity index (χ0v) is 43.3. The Hall–Kier alpha value is -4.23. The third kappa shape index (κ3) is 12.8. The molecule has 5 atom stereocenters. The van der Waals surface area contributed by atoms with Gasteiger partial charge in [0.2, 0.25) is 0 Å². The van der Waals surface area contributed by atoms with Crippen LogP contribution in [0.2, 0.25) is 18.1 Å². The highest BCUT2D eigenvalue weighted by Gasteiger charge is 2.53. The predicted octanol–water partition coefficient (Wildman–Crippen LogP) is 10.2. The minimum absolute atomic E-state index is 0.0454. The van der Waals surface area contributed by atoms with E-state index in [9.17, 15) is 10.1 Å². The van der Waals surface area contributed by atoms with Crippen molar-refractivity contribution in [1.82, 2.24) is 19.7 Å². The van der Waals surface area contributed by atoms with Crippen molar-refractivity contribution in [2.24, 2.45) is 5.41 Å². The molecule has 1 saturated heterocycles. The summed E-state index contributed by atoms with van der Waals surface area (Å²) in [5, 5.41) is 18.2. The van der Waals surface area contributed by atoms with E-state index in [4.69, 9.17) is 37.2 Å². The molecule has 2 heterocycles. The molecule has 1 aliphatic rings. The zero-order valence-electron chi connectivity index (χ0n) is 41.4. The molecule has 0 bridgehead atoms. The maximum absolute atomic E-state index is 12.6. The summed E-state index contributed by atoms with van der Waals surface area (Å²) in [4.78, 5) is 12.6. The molecule has 16 heteroatoms. The smallest absolute Gasteiger partial charge is 0.313 e. The van der Waals surface area contributed by atoms with Gasteiger partial charge in [-0.3, -0.25) is 4.79 Å². The standard InChI is InChI=1S/C50H72N5O9PSi/c1-35(2)55(36(3)4)65(61-30-18-29-51)63-45-44(62-43(46(45)64-66(13,14)49(8,9)10)31-40-32-54(53-52-40)34-59-47(56)48(5,6)7)33-60-50(37-19-16-15-17-20-37,38-21-25-41(57-11)26-22-38)39-23-27-42(58-12)28-24-39/h15-17,19-28,32,35-36,43-46H,18,30-31,33-34H2,1-14H3/t43-,44+,45+,46-,65?/m0/s1. The number of rotatable bonds is 22. The SMILES string of the molecule is COc1ccc(C(OC[C@H]2O[C@@H](Cc3cn(COC(=O)C(C)(C)C)nn3)[C@H](O[Si](C)(C)C(C)(C)C)[C@@H]2OP(OCCC#N)N(C(C)C)C(C)C)(c2ccccc2)c2ccc(OC)cc2)cc1. The van der Waals surface area contributed by atoms with E-state index in [1.165, 1.54) is 4.68 Å². The zero-order chi connectivity index (χ0) is 48.5. The maximum atomic E-state index is 12.6. The number of carbonyl (C=O) groups is 1. The summed E-state index contributed by atoms with van der Waals surface area (Å²) in [6, 6.07) is 28.3. The van der Waals surface area contributed by atoms with Crippen molar-refractivity contribution in [3.05, 3.63) is 107 Å². The van der Waals surface area contributed by atoms with Crippen molar-refractivity contribution in [3.63, 3.8) is 0 Å². The minimum Gasteiger partial charge on any atom is -0.497 e. The van der Waals surface area contributed by atoms with Crippen LogP contribution in [-0.4, -0.2) is 97.9 Å². The van der Waals surface area contributed by atoms with Gasteiger partial charge in [0.25, 0.3) is 8.53 Å². The molecule has 1 aliphatic heterocycles. The van der Waals surface area contributed by atoms with Crippen LogP contribution in [0.25, 0.3) is 0 Å². The van der Waals surface area contributed by atoms with E-state index in [2.05, 4.69) is 94.7 Å². The van der Waals surface area contributed by atoms with Crippen LogP contribution in [-0.2, 0) is 51.2 Å². The Balaban J connectivity index is 1.66. The molecular weight excluding hydrogens is 874 g/mol. The van der Waals surface area contributed by atoms with Crippen LogP contribution < -0.4 is 9.47 Å². The van der Waals surface area contributed by atoms with Gasteiger partial charge in [0.05, 0.1) is 63.3 Å². The molecule has 4 aromatic rings. The Morgan fingerprint density at radius 3 is 1.91 bits per heavy atom. The lowest BCUT2D eigenvalue weighted by atomic mass is 9.80. The van der Waals surface area contributed by atoms with E-state index in [0.29, 0.717) is 23.6 Å². The van der Waals surface area contributed by atoms with E-state index >= 15 is 0 Å². The third-order valence-corrected chi connectivity index (χ3v) is 18.7. The molecule has 0 amide bonds. The van der Waals surface area contributed by atoms with Crippen LogP contribution in [0.3, 0.4) is 0 Å². The third-order valence-electron chi connectivity index (χ3n) is 12.1. The number of esters is 1. The molecule has 0 saturated carbocycles. The fourth-order valence-electron chi connectivity index (χ4n) is 7.61. The van der Waals surface area contributed by atoms with Gasteiger partial charge in [0, 0.05) is 18.5 Å². The second kappa shape index (κ2) is 22.7. The largest absolute Gasteiger partial charge is 0.497 e. The van der Waals surface area contributed by atoms with E-state index in [0.717, 1.165) is 16.7 Å². The molecule has 66 heavy (non-hydrogen) atoms. The summed E-state index contributed by atoms with van der Waals surface area (Å²) >= 11 is 0. The Morgan fingerprint density at radius 2 is 1.41 bits per heavy atom. The number of aromatic nitrogens is 3. The predicted molar refractivity (Wildman–Crippen MR) is 258 cm³/mol. The highest BCUT2D eigenvalue weighted by atomic mass is 31.2. The first-order chi connectivity index (χ1) is 31.1. The Bertz CT molecular complexity index is 2110. The van der Waals surface area contributed by atoms with Gasteiger partial charge < -0.3 is 37.2 Å². The van der Waals surface area contributed by atoms with E-state index in [-0.39, 0.29) is 49.5 Å². The summed E-state index contributed by atoms with van der Waals surface area (Å²) in [5.74, 6) is 1.08. The van der Waals surface area contributed by atoms with E-state index < -0.39 is 52.3 Å². The van der Waals surface area contributed by atoms with Crippen LogP contribution in [0.1, 0.15) is 98.0 Å². The number of nitriles is 1. The van der Waals surface area contributed by atoms with Crippen LogP contribution in [0.5, 0.6) is 11.5 Å². The number of benzene rings is 3. The number of carbonyl (C=O) groups excluding carboxylic acids is 1. The Labute approximate surface area is 395 Å². The number of ether oxygens (including phenoxy) is 5. The molecule has 0 radical (unpaired) electrons. The second-order valence-corrected chi connectivity index (χ2v) is 25.9. The minimum atomic E-state index is -2.54. The average Bonchev–Trinajstić information content (AvgIpc) is 3.85. The Kier molecular flexibility index (Phi) is 18.1. The highest BCUT2D eigenvalue weighted by Crippen LogP contribution is 2.51. The number of hydrogen-bond acceptors (Lipinski definition) is 13. The molecule has 3 aromatic carbocycles. The number of nitrogens with zero attached hydrogens (tertiary/aromatic N) is 5. The first kappa shape index (κ1) is 52.7. The van der Waals surface area contributed by atoms with Gasteiger partial charge in [0.1, 0.15) is 35.4 Å². The van der Waals surface area contributed by atoms with Crippen LogP contribution in [0.4, 0.5) is 0 Å². The van der Waals surface area contributed by atoms with Crippen molar-refractivity contribution < 1.29 is 42.0 Å². The fourth-order valence-corrected chi connectivity index (χ4v) is 10.7. The molecule has 5 rings (SSSR count). The molecular formula is C50H72N5O9PSi. The monoisotopic (exact) mass is 945 g/mol. The molecule has 1 aromatic heterocycles. The van der Waals surface area contributed by atoms with Crippen molar-refractivity contribution in [1.29, 1.82) is 5.26 Å². The van der Waals surface area contributed by atoms with Gasteiger partial charge in [-0.25, -0.2) is 9.35 Å². The summed E-state index contributed by atoms with van der Waals surface area (Å²) < 4.78 is 56.6. The lowest BCUT2D eigenvalue weighted by molar-refractivity contribution is -0.157. The lowest BCUT2D eigenvalue weighted by Gasteiger charge is -2.42. The first-order valence-electron chi connectivity index (χ1n) is 22.8. The summed E-state index contributed by atoms with van der Waals surface area (Å²) in [6.07, 6.45) is -0.297. The van der Waals surface area contributed by atoms with Crippen molar-refractivity contribution in [2.45, 2.75) is 149 Å². The maximum Gasteiger partial charge on any atom is 0.313 e. The summed E-state index contributed by atoms with van der Waals surface area (Å²) in [6.45, 7) is 25.1. The summed E-state index contributed by atoms with van der Waals surface area (Å²) in [5.41, 5.74) is 1.46. The summed E-state index contributed by atoms with van der Waals surface area (Å²) in [7, 11) is -0.993. The molecule has 0 aliphatic carbocycles. The quantitative estimate of drug-likeness (QED) is 0.0242. The average molecular weight is 946 g/mol. The molecule has 0 spiro atoms. The van der Waals surface area contributed by atoms with Gasteiger partial charge in [0.15, 0.2) is 15.0 Å². The Morgan fingerprint density at radius 1 is 0.848 bits per heavy atom. The lowest BCUT2D eigenvalue weighted by Crippen LogP contribution is -2.51. The molecule has 1 fully saturated rings. The number of methoxy groups -OCH3 is 2. The highest BCUT2D eigenvalue weighted by molar-refractivity contribution is 7.44. The fraction of sp³-hybridized carbons (Fsp3) is 0.560. The van der Waals surface area contributed by atoms with Gasteiger partial charge in [-0.1, -0.05) is 80.6 Å². The normalized spacial score (nSPS) is 18.7. The van der Waals surface area contributed by atoms with Crippen LogP contribution in [0.15, 0.2) is 85.1 Å². The van der Waals surface area contributed by atoms with E-state index in [1.54, 1.807) is 41.2 Å². The van der Waals surface area contributed by atoms with Crippen LogP contribution in [0, 0.1) is 16.7 Å². The van der Waals surface area contributed by atoms with Gasteiger partial charge in [-0.15, -0.1) is 5.10 Å². The first-order valence-corrected chi connectivity index (χ1v) is 26.8. The molecule has 360 valence electrons. The molecule has 0 N–H and O–H groups in total.